The van der Waals surface area contributed by atoms with Gasteiger partial charge in [0.25, 0.3) is 0 Å². The van der Waals surface area contributed by atoms with E-state index in [1.54, 1.807) is 7.05 Å². The van der Waals surface area contributed by atoms with E-state index in [1.165, 1.54) is 36.1 Å². The van der Waals surface area contributed by atoms with E-state index in [0.29, 0.717) is 5.52 Å². The van der Waals surface area contributed by atoms with Crippen molar-refractivity contribution < 1.29 is 13.9 Å². The van der Waals surface area contributed by atoms with Crippen molar-refractivity contribution in [1.82, 2.24) is 4.57 Å². The minimum absolute atomic E-state index is 0.0610. The summed E-state index contributed by atoms with van der Waals surface area (Å²) in [6, 6.07) is 3.79. The molecule has 5 heteroatoms. The number of hydrogen-bond acceptors (Lipinski definition) is 3. The highest BCUT2D eigenvalue weighted by Gasteiger charge is 2.14. The van der Waals surface area contributed by atoms with Gasteiger partial charge in [0.1, 0.15) is 11.4 Å². The molecule has 0 unspecified atom stereocenters. The molecule has 0 saturated heterocycles. The van der Waals surface area contributed by atoms with Crippen LogP contribution in [-0.4, -0.2) is 17.6 Å². The SMILES string of the molecule is COC(=O)c1cn(C)c2cc(F)ccc2c1=O. The lowest BCUT2D eigenvalue weighted by atomic mass is 10.1. The first-order chi connectivity index (χ1) is 8.04. The number of carbonyl (C=O) groups excluding carboxylic acids is 1. The van der Waals surface area contributed by atoms with Gasteiger partial charge in [-0.3, -0.25) is 4.79 Å². The molecule has 0 amide bonds. The molecule has 0 atom stereocenters. The standard InChI is InChI=1S/C12H10FNO3/c1-14-6-9(12(16)17-2)11(15)8-4-3-7(13)5-10(8)14/h3-6H,1-2H3. The lowest BCUT2D eigenvalue weighted by Crippen LogP contribution is -2.19. The molecular weight excluding hydrogens is 225 g/mol. The van der Waals surface area contributed by atoms with E-state index < -0.39 is 17.2 Å². The third-order valence-electron chi connectivity index (χ3n) is 2.56. The van der Waals surface area contributed by atoms with Crippen molar-refractivity contribution in [2.75, 3.05) is 7.11 Å². The third-order valence-corrected chi connectivity index (χ3v) is 2.56. The molecule has 0 spiro atoms. The molecule has 0 radical (unpaired) electrons. The highest BCUT2D eigenvalue weighted by atomic mass is 19.1. The topological polar surface area (TPSA) is 48.3 Å². The first-order valence-electron chi connectivity index (χ1n) is 4.92. The number of benzene rings is 1. The van der Waals surface area contributed by atoms with E-state index in [4.69, 9.17) is 0 Å². The zero-order chi connectivity index (χ0) is 12.6. The number of rotatable bonds is 1. The van der Waals surface area contributed by atoms with E-state index in [1.807, 2.05) is 0 Å². The smallest absolute Gasteiger partial charge is 0.343 e. The Bertz CT molecular complexity index is 661. The number of aryl methyl sites for hydroxylation is 1. The quantitative estimate of drug-likeness (QED) is 0.703. The molecule has 0 aliphatic rings. The fraction of sp³-hybridized carbons (Fsp3) is 0.167. The van der Waals surface area contributed by atoms with Crippen molar-refractivity contribution in [3.05, 3.63) is 46.0 Å². The summed E-state index contributed by atoms with van der Waals surface area (Å²) in [6.07, 6.45) is 1.34. The highest BCUT2D eigenvalue weighted by molar-refractivity contribution is 5.93. The van der Waals surface area contributed by atoms with Crippen molar-refractivity contribution in [3.63, 3.8) is 0 Å². The number of nitrogens with zero attached hydrogens (tertiary/aromatic N) is 1. The number of pyridine rings is 1. The van der Waals surface area contributed by atoms with Gasteiger partial charge in [-0.2, -0.15) is 0 Å². The fourth-order valence-electron chi connectivity index (χ4n) is 1.71. The van der Waals surface area contributed by atoms with Crippen LogP contribution in [0.5, 0.6) is 0 Å². The number of carbonyl (C=O) groups is 1. The molecule has 0 aliphatic heterocycles. The maximum absolute atomic E-state index is 13.1. The average molecular weight is 235 g/mol. The summed E-state index contributed by atoms with van der Waals surface area (Å²) in [6.45, 7) is 0. The van der Waals surface area contributed by atoms with Gasteiger partial charge in [-0.25, -0.2) is 9.18 Å². The first kappa shape index (κ1) is 11.3. The summed E-state index contributed by atoms with van der Waals surface area (Å²) in [4.78, 5) is 23.3. The molecule has 0 aliphatic carbocycles. The van der Waals surface area contributed by atoms with Gasteiger partial charge in [0.05, 0.1) is 12.6 Å². The van der Waals surface area contributed by atoms with Crippen LogP contribution in [0.25, 0.3) is 10.9 Å². The third kappa shape index (κ3) is 1.80. The van der Waals surface area contributed by atoms with E-state index >= 15 is 0 Å². The van der Waals surface area contributed by atoms with Crippen molar-refractivity contribution >= 4 is 16.9 Å². The van der Waals surface area contributed by atoms with E-state index in [9.17, 15) is 14.0 Å². The second kappa shape index (κ2) is 4.01. The molecule has 4 nitrogen and oxygen atoms in total. The van der Waals surface area contributed by atoms with Crippen LogP contribution in [0.15, 0.2) is 29.2 Å². The zero-order valence-electron chi connectivity index (χ0n) is 9.36. The Morgan fingerprint density at radius 2 is 2.12 bits per heavy atom. The Kier molecular flexibility index (Phi) is 2.67. The predicted octanol–water partition coefficient (Wildman–Crippen LogP) is 1.46. The number of esters is 1. The summed E-state index contributed by atoms with van der Waals surface area (Å²) in [5.41, 5.74) is -0.0817. The fourth-order valence-corrected chi connectivity index (χ4v) is 1.71. The summed E-state index contributed by atoms with van der Waals surface area (Å²) in [7, 11) is 2.84. The number of aromatic nitrogens is 1. The lowest BCUT2D eigenvalue weighted by molar-refractivity contribution is 0.0598. The molecule has 0 N–H and O–H groups in total. The van der Waals surface area contributed by atoms with E-state index in [2.05, 4.69) is 4.74 Å². The molecule has 17 heavy (non-hydrogen) atoms. The average Bonchev–Trinajstić information content (AvgIpc) is 2.32. The van der Waals surface area contributed by atoms with Gasteiger partial charge < -0.3 is 9.30 Å². The molecule has 1 aromatic heterocycles. The number of halogens is 1. The Labute approximate surface area is 96.2 Å². The molecule has 2 rings (SSSR count). The summed E-state index contributed by atoms with van der Waals surface area (Å²) in [5, 5.41) is 0.289. The monoisotopic (exact) mass is 235 g/mol. The maximum Gasteiger partial charge on any atom is 0.343 e. The minimum atomic E-state index is -0.697. The molecule has 0 fully saturated rings. The number of ether oxygens (including phenoxy) is 1. The van der Waals surface area contributed by atoms with Crippen LogP contribution in [0.2, 0.25) is 0 Å². The van der Waals surface area contributed by atoms with Crippen LogP contribution in [0, 0.1) is 5.82 Å². The first-order valence-corrected chi connectivity index (χ1v) is 4.92. The summed E-state index contributed by atoms with van der Waals surface area (Å²) >= 11 is 0. The molecule has 0 saturated carbocycles. The van der Waals surface area contributed by atoms with Gasteiger partial charge in [0, 0.05) is 18.6 Å². The van der Waals surface area contributed by atoms with Gasteiger partial charge in [0.2, 0.25) is 5.43 Å². The largest absolute Gasteiger partial charge is 0.465 e. The van der Waals surface area contributed by atoms with Crippen molar-refractivity contribution in [1.29, 1.82) is 0 Å². The normalized spacial score (nSPS) is 10.5. The second-order valence-corrected chi connectivity index (χ2v) is 3.64. The molecule has 88 valence electrons. The van der Waals surface area contributed by atoms with E-state index in [0.717, 1.165) is 0 Å². The Balaban J connectivity index is 2.86. The van der Waals surface area contributed by atoms with Gasteiger partial charge >= 0.3 is 5.97 Å². The predicted molar refractivity (Wildman–Crippen MR) is 60.5 cm³/mol. The zero-order valence-corrected chi connectivity index (χ0v) is 9.36. The molecule has 2 aromatic rings. The summed E-state index contributed by atoms with van der Waals surface area (Å²) < 4.78 is 19.1. The van der Waals surface area contributed by atoms with Gasteiger partial charge in [-0.15, -0.1) is 0 Å². The molecular formula is C12H10FNO3. The molecule has 1 aromatic carbocycles. The summed E-state index contributed by atoms with van der Waals surface area (Å²) in [5.74, 6) is -1.13. The van der Waals surface area contributed by atoms with Crippen molar-refractivity contribution in [2.24, 2.45) is 7.05 Å². The highest BCUT2D eigenvalue weighted by Crippen LogP contribution is 2.12. The minimum Gasteiger partial charge on any atom is -0.465 e. The van der Waals surface area contributed by atoms with Crippen LogP contribution in [-0.2, 0) is 11.8 Å². The Morgan fingerprint density at radius 1 is 1.41 bits per heavy atom. The van der Waals surface area contributed by atoms with Crippen LogP contribution in [0.1, 0.15) is 10.4 Å². The van der Waals surface area contributed by atoms with Crippen LogP contribution >= 0.6 is 0 Å². The number of fused-ring (bicyclic) bond motifs is 1. The van der Waals surface area contributed by atoms with Crippen LogP contribution < -0.4 is 5.43 Å². The second-order valence-electron chi connectivity index (χ2n) is 3.64. The van der Waals surface area contributed by atoms with E-state index in [-0.39, 0.29) is 10.9 Å². The number of methoxy groups -OCH3 is 1. The van der Waals surface area contributed by atoms with Crippen LogP contribution in [0.4, 0.5) is 4.39 Å². The maximum atomic E-state index is 13.1. The van der Waals surface area contributed by atoms with Crippen LogP contribution in [0.3, 0.4) is 0 Å². The van der Waals surface area contributed by atoms with Gasteiger partial charge in [0.15, 0.2) is 0 Å². The van der Waals surface area contributed by atoms with Gasteiger partial charge in [-0.05, 0) is 18.2 Å². The van der Waals surface area contributed by atoms with Gasteiger partial charge in [-0.1, -0.05) is 0 Å². The Hall–Kier alpha value is -2.17. The number of hydrogen-bond donors (Lipinski definition) is 0. The Morgan fingerprint density at radius 3 is 2.76 bits per heavy atom. The molecule has 0 bridgehead atoms. The van der Waals surface area contributed by atoms with Crippen molar-refractivity contribution in [2.45, 2.75) is 0 Å². The van der Waals surface area contributed by atoms with Crippen molar-refractivity contribution in [3.8, 4) is 0 Å². The lowest BCUT2D eigenvalue weighted by Gasteiger charge is -2.07. The molecule has 1 heterocycles.